The molecule has 0 unspecified atom stereocenters. The van der Waals surface area contributed by atoms with Crippen LogP contribution in [0, 0.1) is 0 Å². The van der Waals surface area contributed by atoms with Crippen molar-refractivity contribution >= 4 is 10.8 Å². The minimum atomic E-state index is 0.933. The fourth-order valence-electron chi connectivity index (χ4n) is 5.17. The third-order valence-electron chi connectivity index (χ3n) is 6.78. The van der Waals surface area contributed by atoms with Crippen LogP contribution in [0.4, 0.5) is 0 Å². The summed E-state index contributed by atoms with van der Waals surface area (Å²) in [4.78, 5) is 8.93. The van der Waals surface area contributed by atoms with Crippen LogP contribution in [-0.2, 0) is 0 Å². The van der Waals surface area contributed by atoms with E-state index in [1.165, 1.54) is 44.2 Å². The van der Waals surface area contributed by atoms with Gasteiger partial charge in [-0.3, -0.25) is 9.97 Å². The Kier molecular flexibility index (Phi) is 4.18. The minimum absolute atomic E-state index is 0.933. The van der Waals surface area contributed by atoms with Gasteiger partial charge >= 0.3 is 0 Å². The molecule has 0 aliphatic heterocycles. The maximum atomic E-state index is 4.46. The van der Waals surface area contributed by atoms with Crippen molar-refractivity contribution in [2.75, 3.05) is 0 Å². The quantitative estimate of drug-likeness (QED) is 0.281. The molecule has 1 aliphatic carbocycles. The summed E-state index contributed by atoms with van der Waals surface area (Å²) >= 11 is 0. The van der Waals surface area contributed by atoms with Crippen LogP contribution in [0.2, 0.25) is 0 Å². The van der Waals surface area contributed by atoms with Crippen LogP contribution in [0.1, 0.15) is 0 Å². The number of nitrogens with zero attached hydrogens (tertiary/aromatic N) is 2. The van der Waals surface area contributed by atoms with Crippen LogP contribution >= 0.6 is 0 Å². The Morgan fingerprint density at radius 3 is 1.91 bits per heavy atom. The standard InChI is InChI=1S/C32H20N2/c1-2-7-27-26(6-1)29-9-5-8-28-25(15-16-30(27)32(28)29)22-13-11-21(12-14-22)23-18-24(20-33-19-23)31-10-3-4-17-34-31/h1-20H. The topological polar surface area (TPSA) is 25.8 Å². The lowest BCUT2D eigenvalue weighted by molar-refractivity contribution is 1.28. The Hall–Kier alpha value is -4.56. The molecule has 0 amide bonds. The Balaban J connectivity index is 1.30. The molecular formula is C32H20N2. The van der Waals surface area contributed by atoms with Gasteiger partial charge in [-0.2, -0.15) is 0 Å². The molecule has 2 nitrogen and oxygen atoms in total. The van der Waals surface area contributed by atoms with Crippen LogP contribution in [-0.4, -0.2) is 9.97 Å². The number of hydrogen-bond acceptors (Lipinski definition) is 2. The molecule has 34 heavy (non-hydrogen) atoms. The molecular weight excluding hydrogens is 412 g/mol. The summed E-state index contributed by atoms with van der Waals surface area (Å²) in [5.74, 6) is 0. The average Bonchev–Trinajstić information content (AvgIpc) is 3.25. The predicted molar refractivity (Wildman–Crippen MR) is 140 cm³/mol. The summed E-state index contributed by atoms with van der Waals surface area (Å²) in [7, 11) is 0. The van der Waals surface area contributed by atoms with Crippen molar-refractivity contribution in [3.05, 3.63) is 122 Å². The molecule has 158 valence electrons. The van der Waals surface area contributed by atoms with E-state index >= 15 is 0 Å². The second kappa shape index (κ2) is 7.50. The number of fused-ring (bicyclic) bond motifs is 3. The lowest BCUT2D eigenvalue weighted by Crippen LogP contribution is -1.87. The molecule has 0 bridgehead atoms. The summed E-state index contributed by atoms with van der Waals surface area (Å²) < 4.78 is 0. The zero-order valence-electron chi connectivity index (χ0n) is 18.4. The monoisotopic (exact) mass is 432 g/mol. The Morgan fingerprint density at radius 1 is 0.441 bits per heavy atom. The highest BCUT2D eigenvalue weighted by molar-refractivity contribution is 6.18. The fourth-order valence-corrected chi connectivity index (χ4v) is 5.17. The zero-order valence-corrected chi connectivity index (χ0v) is 18.4. The van der Waals surface area contributed by atoms with Gasteiger partial charge in [0.05, 0.1) is 5.69 Å². The van der Waals surface area contributed by atoms with E-state index in [1.54, 1.807) is 0 Å². The smallest absolute Gasteiger partial charge is 0.0717 e. The average molecular weight is 433 g/mol. The molecule has 2 heteroatoms. The number of hydrogen-bond donors (Lipinski definition) is 0. The molecule has 0 fully saturated rings. The third-order valence-corrected chi connectivity index (χ3v) is 6.78. The van der Waals surface area contributed by atoms with E-state index in [1.807, 2.05) is 36.8 Å². The molecule has 1 aliphatic rings. The lowest BCUT2D eigenvalue weighted by Gasteiger charge is -2.11. The van der Waals surface area contributed by atoms with Gasteiger partial charge in [0.2, 0.25) is 0 Å². The number of rotatable bonds is 3. The van der Waals surface area contributed by atoms with Crippen molar-refractivity contribution in [1.82, 2.24) is 9.97 Å². The summed E-state index contributed by atoms with van der Waals surface area (Å²) in [5.41, 5.74) is 12.0. The van der Waals surface area contributed by atoms with E-state index in [-0.39, 0.29) is 0 Å². The van der Waals surface area contributed by atoms with Crippen LogP contribution in [0.3, 0.4) is 0 Å². The molecule has 6 aromatic rings. The molecule has 4 aromatic carbocycles. The molecule has 0 N–H and O–H groups in total. The molecule has 2 heterocycles. The molecule has 0 atom stereocenters. The van der Waals surface area contributed by atoms with Crippen molar-refractivity contribution in [1.29, 1.82) is 0 Å². The molecule has 0 radical (unpaired) electrons. The Morgan fingerprint density at radius 2 is 1.12 bits per heavy atom. The number of aromatic nitrogens is 2. The van der Waals surface area contributed by atoms with Crippen molar-refractivity contribution in [3.8, 4) is 55.8 Å². The number of pyridine rings is 2. The van der Waals surface area contributed by atoms with Gasteiger partial charge in [0.15, 0.2) is 0 Å². The first-order valence-corrected chi connectivity index (χ1v) is 11.5. The van der Waals surface area contributed by atoms with Crippen LogP contribution < -0.4 is 0 Å². The Bertz CT molecular complexity index is 1650. The van der Waals surface area contributed by atoms with E-state index < -0.39 is 0 Å². The van der Waals surface area contributed by atoms with Crippen molar-refractivity contribution in [3.63, 3.8) is 0 Å². The second-order valence-electron chi connectivity index (χ2n) is 8.69. The van der Waals surface area contributed by atoms with Crippen molar-refractivity contribution in [2.24, 2.45) is 0 Å². The first-order chi connectivity index (χ1) is 16.9. The van der Waals surface area contributed by atoms with Gasteiger partial charge in [-0.25, -0.2) is 0 Å². The van der Waals surface area contributed by atoms with Gasteiger partial charge in [0.25, 0.3) is 0 Å². The van der Waals surface area contributed by atoms with Gasteiger partial charge in [-0.1, -0.05) is 84.9 Å². The molecule has 0 saturated carbocycles. The first-order valence-electron chi connectivity index (χ1n) is 11.5. The largest absolute Gasteiger partial charge is 0.263 e. The summed E-state index contributed by atoms with van der Waals surface area (Å²) in [6, 6.07) is 36.8. The maximum Gasteiger partial charge on any atom is 0.0717 e. The van der Waals surface area contributed by atoms with Crippen molar-refractivity contribution < 1.29 is 0 Å². The van der Waals surface area contributed by atoms with Gasteiger partial charge < -0.3 is 0 Å². The van der Waals surface area contributed by atoms with Crippen LogP contribution in [0.25, 0.3) is 66.5 Å². The normalized spacial score (nSPS) is 11.5. The first kappa shape index (κ1) is 19.0. The van der Waals surface area contributed by atoms with E-state index in [0.29, 0.717) is 0 Å². The fraction of sp³-hybridized carbons (Fsp3) is 0. The maximum absolute atomic E-state index is 4.46. The summed E-state index contributed by atoms with van der Waals surface area (Å²) in [6.45, 7) is 0. The number of benzene rings is 4. The summed E-state index contributed by atoms with van der Waals surface area (Å²) in [6.07, 6.45) is 5.59. The SMILES string of the molecule is c1ccc(-c2cncc(-c3ccc(-c4ccc5c6c(cccc46)-c4ccccc4-5)cc3)c2)nc1. The molecule has 7 rings (SSSR count). The molecule has 2 aromatic heterocycles. The summed E-state index contributed by atoms with van der Waals surface area (Å²) in [5, 5.41) is 2.66. The highest BCUT2D eigenvalue weighted by Gasteiger charge is 2.22. The highest BCUT2D eigenvalue weighted by Crippen LogP contribution is 2.49. The van der Waals surface area contributed by atoms with E-state index in [4.69, 9.17) is 0 Å². The molecule has 0 saturated heterocycles. The van der Waals surface area contributed by atoms with E-state index in [0.717, 1.165) is 22.4 Å². The Labute approximate surface area is 198 Å². The zero-order chi connectivity index (χ0) is 22.5. The third kappa shape index (κ3) is 2.89. The predicted octanol–water partition coefficient (Wildman–Crippen LogP) is 8.28. The van der Waals surface area contributed by atoms with E-state index in [9.17, 15) is 0 Å². The van der Waals surface area contributed by atoms with Crippen molar-refractivity contribution in [2.45, 2.75) is 0 Å². The van der Waals surface area contributed by atoms with Gasteiger partial charge in [0.1, 0.15) is 0 Å². The lowest BCUT2D eigenvalue weighted by atomic mass is 9.93. The van der Waals surface area contributed by atoms with Crippen LogP contribution in [0.5, 0.6) is 0 Å². The van der Waals surface area contributed by atoms with Gasteiger partial charge in [-0.15, -0.1) is 0 Å². The highest BCUT2D eigenvalue weighted by atomic mass is 14.7. The molecule has 0 spiro atoms. The minimum Gasteiger partial charge on any atom is -0.263 e. The van der Waals surface area contributed by atoms with E-state index in [2.05, 4.69) is 94.9 Å². The van der Waals surface area contributed by atoms with Gasteiger partial charge in [0, 0.05) is 29.7 Å². The van der Waals surface area contributed by atoms with Crippen LogP contribution in [0.15, 0.2) is 122 Å². The second-order valence-corrected chi connectivity index (χ2v) is 8.69. The van der Waals surface area contributed by atoms with Gasteiger partial charge in [-0.05, 0) is 67.9 Å².